The van der Waals surface area contributed by atoms with Gasteiger partial charge in [0.05, 0.1) is 5.60 Å². The van der Waals surface area contributed by atoms with Gasteiger partial charge in [0.25, 0.3) is 0 Å². The molecule has 21 heavy (non-hydrogen) atoms. The van der Waals surface area contributed by atoms with E-state index in [0.29, 0.717) is 6.04 Å². The maximum absolute atomic E-state index is 6.08. The van der Waals surface area contributed by atoms with E-state index in [1.54, 1.807) is 0 Å². The zero-order chi connectivity index (χ0) is 15.3. The predicted molar refractivity (Wildman–Crippen MR) is 89.9 cm³/mol. The lowest BCUT2D eigenvalue weighted by molar-refractivity contribution is -0.0509. The molecule has 0 heterocycles. The second-order valence-corrected chi connectivity index (χ2v) is 6.72. The van der Waals surface area contributed by atoms with Crippen molar-refractivity contribution in [3.05, 3.63) is 34.9 Å². The van der Waals surface area contributed by atoms with Gasteiger partial charge in [-0.3, -0.25) is 0 Å². The Hall–Kier alpha value is -0.860. The Kier molecular flexibility index (Phi) is 5.83. The molecule has 0 saturated heterocycles. The summed E-state index contributed by atoms with van der Waals surface area (Å²) in [6.45, 7) is 4.37. The Bertz CT molecular complexity index is 427. The van der Waals surface area contributed by atoms with E-state index in [4.69, 9.17) is 4.74 Å². The molecule has 0 aliphatic heterocycles. The van der Waals surface area contributed by atoms with Gasteiger partial charge in [-0.15, -0.1) is 0 Å². The molecule has 0 bridgehead atoms. The van der Waals surface area contributed by atoms with Crippen molar-refractivity contribution in [3.63, 3.8) is 0 Å². The minimum atomic E-state index is 0.00288. The van der Waals surface area contributed by atoms with Crippen molar-refractivity contribution in [2.75, 3.05) is 14.2 Å². The first-order valence-corrected chi connectivity index (χ1v) is 8.39. The van der Waals surface area contributed by atoms with Crippen molar-refractivity contribution in [1.82, 2.24) is 5.32 Å². The predicted octanol–water partition coefficient (Wildman–Crippen LogP) is 4.17. The van der Waals surface area contributed by atoms with Gasteiger partial charge in [0.2, 0.25) is 0 Å². The first-order chi connectivity index (χ1) is 10.1. The highest BCUT2D eigenvalue weighted by Crippen LogP contribution is 2.34. The number of benzene rings is 1. The van der Waals surface area contributed by atoms with E-state index >= 15 is 0 Å². The van der Waals surface area contributed by atoms with E-state index in [9.17, 15) is 0 Å². The van der Waals surface area contributed by atoms with Gasteiger partial charge in [-0.1, -0.05) is 55.0 Å². The van der Waals surface area contributed by atoms with Crippen molar-refractivity contribution < 1.29 is 4.74 Å². The van der Waals surface area contributed by atoms with Crippen LogP contribution in [0.3, 0.4) is 0 Å². The monoisotopic (exact) mass is 289 g/mol. The third-order valence-corrected chi connectivity index (χ3v) is 5.06. The fraction of sp³-hybridized carbons (Fsp3) is 0.684. The minimum absolute atomic E-state index is 0.00288. The van der Waals surface area contributed by atoms with E-state index in [1.165, 1.54) is 55.2 Å². The van der Waals surface area contributed by atoms with Crippen LogP contribution in [-0.4, -0.2) is 25.8 Å². The molecule has 1 aliphatic rings. The average molecular weight is 289 g/mol. The van der Waals surface area contributed by atoms with Crippen LogP contribution in [0.15, 0.2) is 18.2 Å². The maximum Gasteiger partial charge on any atom is 0.0834 e. The molecule has 118 valence electrons. The normalized spacial score (nSPS) is 20.0. The second kappa shape index (κ2) is 7.42. The highest BCUT2D eigenvalue weighted by Gasteiger charge is 2.38. The van der Waals surface area contributed by atoms with Crippen LogP contribution in [0, 0.1) is 13.8 Å². The highest BCUT2D eigenvalue weighted by molar-refractivity contribution is 5.29. The number of hydrogen-bond donors (Lipinski definition) is 1. The molecule has 1 saturated carbocycles. The van der Waals surface area contributed by atoms with E-state index in [1.807, 2.05) is 7.11 Å². The van der Waals surface area contributed by atoms with Crippen molar-refractivity contribution in [2.45, 2.75) is 70.4 Å². The van der Waals surface area contributed by atoms with Gasteiger partial charge >= 0.3 is 0 Å². The van der Waals surface area contributed by atoms with Crippen LogP contribution in [-0.2, 0) is 11.2 Å². The van der Waals surface area contributed by atoms with E-state index in [-0.39, 0.29) is 5.60 Å². The summed E-state index contributed by atoms with van der Waals surface area (Å²) < 4.78 is 6.08. The van der Waals surface area contributed by atoms with Crippen LogP contribution in [0.25, 0.3) is 0 Å². The Balaban J connectivity index is 2.20. The molecule has 1 aromatic carbocycles. The molecule has 1 aromatic rings. The summed E-state index contributed by atoms with van der Waals surface area (Å²) in [4.78, 5) is 0. The molecule has 1 N–H and O–H groups in total. The molecular formula is C19H31NO. The number of aryl methyl sites for hydroxylation is 2. The molecule has 2 nitrogen and oxygen atoms in total. The lowest BCUT2D eigenvalue weighted by atomic mass is 9.82. The zero-order valence-corrected chi connectivity index (χ0v) is 14.2. The summed E-state index contributed by atoms with van der Waals surface area (Å²) in [6.07, 6.45) is 8.69. The Morgan fingerprint density at radius 3 is 2.10 bits per heavy atom. The third kappa shape index (κ3) is 4.08. The number of nitrogens with one attached hydrogen (secondary N) is 1. The lowest BCUT2D eigenvalue weighted by Crippen LogP contribution is -2.52. The van der Waals surface area contributed by atoms with Crippen molar-refractivity contribution in [1.29, 1.82) is 0 Å². The molecule has 1 fully saturated rings. The molecule has 0 radical (unpaired) electrons. The van der Waals surface area contributed by atoms with E-state index in [0.717, 1.165) is 6.42 Å². The van der Waals surface area contributed by atoms with Gasteiger partial charge in [-0.2, -0.15) is 0 Å². The summed E-state index contributed by atoms with van der Waals surface area (Å²) in [5, 5.41) is 3.55. The number of hydrogen-bond acceptors (Lipinski definition) is 2. The molecule has 0 amide bonds. The smallest absolute Gasteiger partial charge is 0.0834 e. The SMILES string of the molecule is CNC(Cc1cc(C)cc(C)c1)C1(OC)CCCCCC1. The first kappa shape index (κ1) is 16.5. The number of likely N-dealkylation sites (N-methyl/N-ethyl adjacent to an activating group) is 1. The van der Waals surface area contributed by atoms with Gasteiger partial charge in [-0.25, -0.2) is 0 Å². The lowest BCUT2D eigenvalue weighted by Gasteiger charge is -2.39. The summed E-state index contributed by atoms with van der Waals surface area (Å²) >= 11 is 0. The molecule has 1 aliphatic carbocycles. The van der Waals surface area contributed by atoms with Crippen molar-refractivity contribution >= 4 is 0 Å². The molecular weight excluding hydrogens is 258 g/mol. The number of rotatable bonds is 5. The molecule has 0 aromatic heterocycles. The molecule has 1 atom stereocenters. The summed E-state index contributed by atoms with van der Waals surface area (Å²) in [5.41, 5.74) is 4.13. The Labute approximate surface area is 130 Å². The zero-order valence-electron chi connectivity index (χ0n) is 14.2. The van der Waals surface area contributed by atoms with Crippen LogP contribution < -0.4 is 5.32 Å². The van der Waals surface area contributed by atoms with Crippen LogP contribution in [0.4, 0.5) is 0 Å². The van der Waals surface area contributed by atoms with Crippen LogP contribution in [0.5, 0.6) is 0 Å². The van der Waals surface area contributed by atoms with Gasteiger partial charge in [0.1, 0.15) is 0 Å². The fourth-order valence-corrected chi connectivity index (χ4v) is 4.00. The number of ether oxygens (including phenoxy) is 1. The average Bonchev–Trinajstić information content (AvgIpc) is 2.70. The summed E-state index contributed by atoms with van der Waals surface area (Å²) in [5.74, 6) is 0. The van der Waals surface area contributed by atoms with E-state index in [2.05, 4.69) is 44.4 Å². The third-order valence-electron chi connectivity index (χ3n) is 5.06. The summed E-state index contributed by atoms with van der Waals surface area (Å²) in [7, 11) is 3.98. The van der Waals surface area contributed by atoms with Gasteiger partial charge < -0.3 is 10.1 Å². The van der Waals surface area contributed by atoms with E-state index < -0.39 is 0 Å². The topological polar surface area (TPSA) is 21.3 Å². The number of methoxy groups -OCH3 is 1. The summed E-state index contributed by atoms with van der Waals surface area (Å²) in [6, 6.07) is 7.27. The largest absolute Gasteiger partial charge is 0.377 e. The molecule has 0 spiro atoms. The van der Waals surface area contributed by atoms with Gasteiger partial charge in [-0.05, 0) is 45.7 Å². The van der Waals surface area contributed by atoms with Crippen LogP contribution in [0.2, 0.25) is 0 Å². The van der Waals surface area contributed by atoms with Crippen molar-refractivity contribution in [2.24, 2.45) is 0 Å². The molecule has 2 heteroatoms. The fourth-order valence-electron chi connectivity index (χ4n) is 4.00. The van der Waals surface area contributed by atoms with Crippen LogP contribution in [0.1, 0.15) is 55.2 Å². The highest BCUT2D eigenvalue weighted by atomic mass is 16.5. The first-order valence-electron chi connectivity index (χ1n) is 8.39. The maximum atomic E-state index is 6.08. The Morgan fingerprint density at radius 2 is 1.62 bits per heavy atom. The van der Waals surface area contributed by atoms with Gasteiger partial charge in [0.15, 0.2) is 0 Å². The second-order valence-electron chi connectivity index (χ2n) is 6.72. The quantitative estimate of drug-likeness (QED) is 0.821. The molecule has 1 unspecified atom stereocenters. The van der Waals surface area contributed by atoms with Crippen molar-refractivity contribution in [3.8, 4) is 0 Å². The van der Waals surface area contributed by atoms with Gasteiger partial charge in [0, 0.05) is 13.2 Å². The Morgan fingerprint density at radius 1 is 1.05 bits per heavy atom. The standard InChI is InChI=1S/C19H31NO/c1-15-11-16(2)13-17(12-15)14-18(20-3)19(21-4)9-7-5-6-8-10-19/h11-13,18,20H,5-10,14H2,1-4H3. The van der Waals surface area contributed by atoms with Crippen LogP contribution >= 0.6 is 0 Å². The molecule has 2 rings (SSSR count). The minimum Gasteiger partial charge on any atom is -0.377 e.